The Hall–Kier alpha value is -2.28. The summed E-state index contributed by atoms with van der Waals surface area (Å²) in [7, 11) is 0. The molecule has 1 aliphatic carbocycles. The van der Waals surface area contributed by atoms with Crippen LogP contribution in [0.25, 0.3) is 0 Å². The van der Waals surface area contributed by atoms with Gasteiger partial charge in [0, 0.05) is 29.5 Å². The molecular weight excluding hydrogens is 428 g/mol. The molecule has 2 amide bonds. The van der Waals surface area contributed by atoms with Crippen molar-refractivity contribution in [1.82, 2.24) is 10.2 Å². The second kappa shape index (κ2) is 8.25. The van der Waals surface area contributed by atoms with Crippen molar-refractivity contribution < 1.29 is 14.3 Å². The number of ether oxygens (including phenoxy) is 1. The van der Waals surface area contributed by atoms with Crippen LogP contribution in [0.5, 0.6) is 5.75 Å². The molecule has 3 N–H and O–H groups in total. The fourth-order valence-electron chi connectivity index (χ4n) is 4.94. The summed E-state index contributed by atoms with van der Waals surface area (Å²) in [6.07, 6.45) is 3.34. The van der Waals surface area contributed by atoms with Gasteiger partial charge in [-0.15, -0.1) is 0 Å². The lowest BCUT2D eigenvalue weighted by molar-refractivity contribution is -0.130. The number of rotatable bonds is 6. The number of fused-ring (bicyclic) bond motifs is 1. The summed E-state index contributed by atoms with van der Waals surface area (Å²) >= 11 is 6.20. The van der Waals surface area contributed by atoms with E-state index in [1.165, 1.54) is 0 Å². The van der Waals surface area contributed by atoms with Crippen LogP contribution in [0.3, 0.4) is 0 Å². The van der Waals surface area contributed by atoms with Crippen molar-refractivity contribution in [2.45, 2.75) is 77.0 Å². The van der Waals surface area contributed by atoms with Gasteiger partial charge in [-0.1, -0.05) is 25.4 Å². The minimum absolute atomic E-state index is 0.0000531. The molecule has 1 aromatic rings. The molecule has 32 heavy (non-hydrogen) atoms. The smallest absolute Gasteiger partial charge is 0.231 e. The number of nitrogens with zero attached hydrogens (tertiary/aromatic N) is 2. The second-order valence-electron chi connectivity index (χ2n) is 9.99. The van der Waals surface area contributed by atoms with E-state index in [1.807, 2.05) is 39.8 Å². The third-order valence-electron chi connectivity index (χ3n) is 7.15. The van der Waals surface area contributed by atoms with Crippen LogP contribution in [-0.4, -0.2) is 40.4 Å². The fourth-order valence-corrected chi connectivity index (χ4v) is 5.12. The van der Waals surface area contributed by atoms with Crippen LogP contribution in [0.2, 0.25) is 5.02 Å². The third-order valence-corrected chi connectivity index (χ3v) is 7.38. The van der Waals surface area contributed by atoms with E-state index < -0.39 is 5.60 Å². The zero-order valence-electron chi connectivity index (χ0n) is 19.3. The average molecular weight is 461 g/mol. The summed E-state index contributed by atoms with van der Waals surface area (Å²) in [6, 6.07) is 5.34. The summed E-state index contributed by atoms with van der Waals surface area (Å²) in [5.74, 6) is 0.998. The van der Waals surface area contributed by atoms with Crippen LogP contribution in [0, 0.1) is 11.8 Å². The molecule has 0 saturated heterocycles. The number of benzene rings is 1. The number of amides is 2. The highest BCUT2D eigenvalue weighted by atomic mass is 35.5. The predicted molar refractivity (Wildman–Crippen MR) is 125 cm³/mol. The van der Waals surface area contributed by atoms with Gasteiger partial charge in [0.1, 0.15) is 11.4 Å². The maximum Gasteiger partial charge on any atom is 0.231 e. The van der Waals surface area contributed by atoms with Gasteiger partial charge in [0.15, 0.2) is 5.96 Å². The van der Waals surface area contributed by atoms with Crippen molar-refractivity contribution in [3.05, 3.63) is 28.8 Å². The standard InChI is InChI=1S/C24H33ClN4O3/c1-5-24(6-2)12-20(30)29(22(26)28-24)13-14-9-16(14)21(31)27-18-11-23(3,4)32-19-8-7-15(25)10-17(18)19/h7-8,10,14,16,18H,5-6,9,11-13H2,1-4H3,(H2,26,28)(H,27,31)/t14-,16+,18-/m0/s1. The summed E-state index contributed by atoms with van der Waals surface area (Å²) in [5.41, 5.74) is 6.29. The van der Waals surface area contributed by atoms with Crippen LogP contribution in [0.15, 0.2) is 23.2 Å². The Kier molecular flexibility index (Phi) is 5.90. The number of nitrogens with one attached hydrogen (secondary N) is 1. The molecule has 0 bridgehead atoms. The molecule has 174 valence electrons. The third kappa shape index (κ3) is 4.45. The van der Waals surface area contributed by atoms with Crippen molar-refractivity contribution in [3.8, 4) is 5.75 Å². The number of carbonyl (C=O) groups excluding carboxylic acids is 2. The molecule has 2 heterocycles. The first-order valence-corrected chi connectivity index (χ1v) is 11.9. The molecule has 2 aliphatic heterocycles. The van der Waals surface area contributed by atoms with E-state index in [2.05, 4.69) is 10.3 Å². The van der Waals surface area contributed by atoms with Crippen molar-refractivity contribution in [1.29, 1.82) is 0 Å². The number of carbonyl (C=O) groups is 2. The Balaban J connectivity index is 1.41. The average Bonchev–Trinajstić information content (AvgIpc) is 3.50. The molecule has 1 fully saturated rings. The Bertz CT molecular complexity index is 957. The first kappa shape index (κ1) is 22.9. The van der Waals surface area contributed by atoms with Gasteiger partial charge < -0.3 is 15.8 Å². The molecular formula is C24H33ClN4O3. The van der Waals surface area contributed by atoms with E-state index in [0.29, 0.717) is 24.4 Å². The lowest BCUT2D eigenvalue weighted by atomic mass is 9.88. The number of hydrogen-bond donors (Lipinski definition) is 2. The normalized spacial score (nSPS) is 27.8. The fraction of sp³-hybridized carbons (Fsp3) is 0.625. The molecule has 0 unspecified atom stereocenters. The Labute approximate surface area is 194 Å². The maximum atomic E-state index is 13.0. The molecule has 7 nitrogen and oxygen atoms in total. The highest BCUT2D eigenvalue weighted by molar-refractivity contribution is 6.30. The van der Waals surface area contributed by atoms with E-state index in [9.17, 15) is 9.59 Å². The molecule has 0 aromatic heterocycles. The first-order chi connectivity index (χ1) is 15.1. The molecule has 1 saturated carbocycles. The SMILES string of the molecule is CCC1(CC)CC(=O)N(C[C@@H]2C[C@H]2C(=O)N[C@H]2CC(C)(C)Oc3ccc(Cl)cc32)C(N)=N1. The summed E-state index contributed by atoms with van der Waals surface area (Å²) in [5, 5.41) is 3.81. The number of guanidine groups is 1. The quantitative estimate of drug-likeness (QED) is 0.674. The lowest BCUT2D eigenvalue weighted by Gasteiger charge is -2.38. The molecule has 3 aliphatic rings. The topological polar surface area (TPSA) is 97.0 Å². The summed E-state index contributed by atoms with van der Waals surface area (Å²) in [6.45, 7) is 8.54. The van der Waals surface area contributed by atoms with Gasteiger partial charge >= 0.3 is 0 Å². The second-order valence-corrected chi connectivity index (χ2v) is 10.4. The number of hydrogen-bond acceptors (Lipinski definition) is 5. The molecule has 1 aromatic carbocycles. The summed E-state index contributed by atoms with van der Waals surface area (Å²) in [4.78, 5) is 32.0. The Morgan fingerprint density at radius 1 is 1.34 bits per heavy atom. The molecule has 8 heteroatoms. The molecule has 0 spiro atoms. The van der Waals surface area contributed by atoms with Crippen molar-refractivity contribution >= 4 is 29.4 Å². The Morgan fingerprint density at radius 3 is 2.72 bits per heavy atom. The van der Waals surface area contributed by atoms with E-state index in [4.69, 9.17) is 22.1 Å². The highest BCUT2D eigenvalue weighted by Gasteiger charge is 2.47. The van der Waals surface area contributed by atoms with Crippen LogP contribution >= 0.6 is 11.6 Å². The van der Waals surface area contributed by atoms with Gasteiger partial charge in [-0.2, -0.15) is 0 Å². The van der Waals surface area contributed by atoms with Crippen molar-refractivity contribution in [3.63, 3.8) is 0 Å². The van der Waals surface area contributed by atoms with Crippen LogP contribution in [-0.2, 0) is 9.59 Å². The van der Waals surface area contributed by atoms with Gasteiger partial charge in [0.2, 0.25) is 11.8 Å². The van der Waals surface area contributed by atoms with Gasteiger partial charge in [0.05, 0.1) is 18.0 Å². The van der Waals surface area contributed by atoms with Gasteiger partial charge in [-0.25, -0.2) is 4.99 Å². The Morgan fingerprint density at radius 2 is 2.06 bits per heavy atom. The van der Waals surface area contributed by atoms with E-state index in [0.717, 1.165) is 30.6 Å². The largest absolute Gasteiger partial charge is 0.487 e. The minimum atomic E-state index is -0.391. The van der Waals surface area contributed by atoms with Crippen molar-refractivity contribution in [2.75, 3.05) is 6.54 Å². The van der Waals surface area contributed by atoms with E-state index in [-0.39, 0.29) is 41.2 Å². The molecule has 3 atom stereocenters. The van der Waals surface area contributed by atoms with E-state index in [1.54, 1.807) is 11.0 Å². The predicted octanol–water partition coefficient (Wildman–Crippen LogP) is 3.80. The minimum Gasteiger partial charge on any atom is -0.487 e. The van der Waals surface area contributed by atoms with Gasteiger partial charge in [0.25, 0.3) is 0 Å². The van der Waals surface area contributed by atoms with Crippen molar-refractivity contribution in [2.24, 2.45) is 22.6 Å². The van der Waals surface area contributed by atoms with E-state index >= 15 is 0 Å². The number of aliphatic imine (C=N–C) groups is 1. The molecule has 4 rings (SSSR count). The maximum absolute atomic E-state index is 13.0. The molecule has 0 radical (unpaired) electrons. The highest BCUT2D eigenvalue weighted by Crippen LogP contribution is 2.44. The summed E-state index contributed by atoms with van der Waals surface area (Å²) < 4.78 is 6.06. The number of nitrogens with two attached hydrogens (primary N) is 1. The van der Waals surface area contributed by atoms with Crippen LogP contribution in [0.4, 0.5) is 0 Å². The zero-order valence-corrected chi connectivity index (χ0v) is 20.0. The number of halogens is 1. The zero-order chi connectivity index (χ0) is 23.3. The van der Waals surface area contributed by atoms with Crippen LogP contribution in [0.1, 0.15) is 71.4 Å². The lowest BCUT2D eigenvalue weighted by Crippen LogP contribution is -2.52. The van der Waals surface area contributed by atoms with Gasteiger partial charge in [-0.05, 0) is 57.2 Å². The van der Waals surface area contributed by atoms with Crippen LogP contribution < -0.4 is 15.8 Å². The van der Waals surface area contributed by atoms with Gasteiger partial charge in [-0.3, -0.25) is 14.5 Å². The monoisotopic (exact) mass is 460 g/mol. The first-order valence-electron chi connectivity index (χ1n) is 11.5.